The molecule has 0 aromatic carbocycles. The number of nitrogens with zero attached hydrogens (tertiary/aromatic N) is 3. The van der Waals surface area contributed by atoms with Crippen molar-refractivity contribution in [3.05, 3.63) is 11.9 Å². The Hall–Kier alpha value is -2.22. The maximum atomic E-state index is 11.9. The third-order valence-electron chi connectivity index (χ3n) is 3.33. The van der Waals surface area contributed by atoms with Crippen molar-refractivity contribution in [3.8, 4) is 0 Å². The fourth-order valence-corrected chi connectivity index (χ4v) is 2.25. The van der Waals surface area contributed by atoms with Gasteiger partial charge in [-0.05, 0) is 6.42 Å². The molecule has 1 fully saturated rings. The molecule has 1 aliphatic heterocycles. The molecule has 0 radical (unpaired) electrons. The SMILES string of the molecule is CCC1C(=O)NC(=O)CN1c1cc(NN)nc(C(C)C)n1. The maximum absolute atomic E-state index is 11.9. The third kappa shape index (κ3) is 3.10. The van der Waals surface area contributed by atoms with Crippen LogP contribution in [-0.4, -0.2) is 34.4 Å². The minimum Gasteiger partial charge on any atom is -0.335 e. The second-order valence-corrected chi connectivity index (χ2v) is 5.23. The molecule has 8 heteroatoms. The first kappa shape index (κ1) is 15.2. The largest absolute Gasteiger partial charge is 0.335 e. The normalized spacial score (nSPS) is 18.9. The molecule has 2 amide bonds. The fourth-order valence-electron chi connectivity index (χ4n) is 2.25. The molecule has 2 heterocycles. The number of anilines is 2. The summed E-state index contributed by atoms with van der Waals surface area (Å²) in [6.45, 7) is 5.90. The van der Waals surface area contributed by atoms with Gasteiger partial charge in [-0.15, -0.1) is 0 Å². The van der Waals surface area contributed by atoms with Gasteiger partial charge in [0.15, 0.2) is 0 Å². The first-order chi connectivity index (χ1) is 9.96. The summed E-state index contributed by atoms with van der Waals surface area (Å²) in [5.74, 6) is 6.48. The standard InChI is InChI=1S/C13H20N6O2/c1-4-8-13(21)17-11(20)6-19(8)10-5-9(18-14)15-12(16-10)7(2)3/h5,7-8H,4,6,14H2,1-3H3,(H,15,16,18)(H,17,20,21). The molecule has 0 aliphatic carbocycles. The topological polar surface area (TPSA) is 113 Å². The summed E-state index contributed by atoms with van der Waals surface area (Å²) in [7, 11) is 0. The van der Waals surface area contributed by atoms with Gasteiger partial charge in [0, 0.05) is 12.0 Å². The zero-order valence-corrected chi connectivity index (χ0v) is 12.4. The van der Waals surface area contributed by atoms with Crippen LogP contribution in [0.15, 0.2) is 6.07 Å². The summed E-state index contributed by atoms with van der Waals surface area (Å²) >= 11 is 0. The highest BCUT2D eigenvalue weighted by Crippen LogP contribution is 2.23. The van der Waals surface area contributed by atoms with Crippen LogP contribution in [0.5, 0.6) is 0 Å². The van der Waals surface area contributed by atoms with Gasteiger partial charge in [-0.3, -0.25) is 14.9 Å². The lowest BCUT2D eigenvalue weighted by atomic mass is 10.1. The summed E-state index contributed by atoms with van der Waals surface area (Å²) in [5, 5.41) is 2.34. The quantitative estimate of drug-likeness (QED) is 0.410. The second-order valence-electron chi connectivity index (χ2n) is 5.23. The van der Waals surface area contributed by atoms with Crippen molar-refractivity contribution in [2.24, 2.45) is 5.84 Å². The molecule has 8 nitrogen and oxygen atoms in total. The lowest BCUT2D eigenvalue weighted by Gasteiger charge is -2.34. The molecule has 1 aromatic rings. The van der Waals surface area contributed by atoms with Crippen LogP contribution in [0.4, 0.5) is 11.6 Å². The van der Waals surface area contributed by atoms with Crippen LogP contribution < -0.4 is 21.5 Å². The van der Waals surface area contributed by atoms with E-state index in [0.29, 0.717) is 23.9 Å². The van der Waals surface area contributed by atoms with Crippen LogP contribution in [0.25, 0.3) is 0 Å². The lowest BCUT2D eigenvalue weighted by Crippen LogP contribution is -2.58. The van der Waals surface area contributed by atoms with Crippen molar-refractivity contribution < 1.29 is 9.59 Å². The molecule has 0 spiro atoms. The number of piperazine rings is 1. The van der Waals surface area contributed by atoms with Gasteiger partial charge >= 0.3 is 0 Å². The average Bonchev–Trinajstić information content (AvgIpc) is 2.45. The number of hydrazine groups is 1. The van der Waals surface area contributed by atoms with E-state index in [1.165, 1.54) is 0 Å². The van der Waals surface area contributed by atoms with Crippen molar-refractivity contribution in [2.45, 2.75) is 39.2 Å². The molecule has 1 unspecified atom stereocenters. The first-order valence-electron chi connectivity index (χ1n) is 6.92. The van der Waals surface area contributed by atoms with Crippen LogP contribution in [0.3, 0.4) is 0 Å². The van der Waals surface area contributed by atoms with E-state index in [2.05, 4.69) is 20.7 Å². The second kappa shape index (κ2) is 6.04. The molecule has 1 aromatic heterocycles. The molecule has 1 saturated heterocycles. The van der Waals surface area contributed by atoms with Gasteiger partial charge < -0.3 is 10.3 Å². The van der Waals surface area contributed by atoms with Crippen molar-refractivity contribution >= 4 is 23.5 Å². The number of aromatic nitrogens is 2. The minimum atomic E-state index is -0.428. The van der Waals surface area contributed by atoms with E-state index in [4.69, 9.17) is 5.84 Å². The molecule has 21 heavy (non-hydrogen) atoms. The smallest absolute Gasteiger partial charge is 0.249 e. The number of nitrogen functional groups attached to an aromatic ring is 1. The van der Waals surface area contributed by atoms with E-state index in [0.717, 1.165) is 0 Å². The van der Waals surface area contributed by atoms with E-state index in [-0.39, 0.29) is 24.3 Å². The maximum Gasteiger partial charge on any atom is 0.249 e. The number of hydrogen-bond donors (Lipinski definition) is 3. The zero-order chi connectivity index (χ0) is 15.6. The number of carbonyl (C=O) groups is 2. The number of nitrogens with one attached hydrogen (secondary N) is 2. The van der Waals surface area contributed by atoms with Gasteiger partial charge in [-0.25, -0.2) is 15.8 Å². The molecule has 1 atom stereocenters. The van der Waals surface area contributed by atoms with E-state index in [1.54, 1.807) is 11.0 Å². The Kier molecular flexibility index (Phi) is 4.37. The number of amides is 2. The highest BCUT2D eigenvalue weighted by molar-refractivity contribution is 6.04. The van der Waals surface area contributed by atoms with Gasteiger partial charge in [0.25, 0.3) is 0 Å². The van der Waals surface area contributed by atoms with Gasteiger partial charge in [-0.1, -0.05) is 20.8 Å². The summed E-state index contributed by atoms with van der Waals surface area (Å²) in [5.41, 5.74) is 2.49. The van der Waals surface area contributed by atoms with Gasteiger partial charge in [0.1, 0.15) is 23.5 Å². The lowest BCUT2D eigenvalue weighted by molar-refractivity contribution is -0.132. The predicted molar refractivity (Wildman–Crippen MR) is 78.5 cm³/mol. The van der Waals surface area contributed by atoms with E-state index >= 15 is 0 Å². The zero-order valence-electron chi connectivity index (χ0n) is 12.4. The van der Waals surface area contributed by atoms with E-state index < -0.39 is 6.04 Å². The van der Waals surface area contributed by atoms with Crippen LogP contribution >= 0.6 is 0 Å². The molecule has 0 bridgehead atoms. The van der Waals surface area contributed by atoms with Gasteiger partial charge in [0.2, 0.25) is 11.8 Å². The molecular formula is C13H20N6O2. The Morgan fingerprint density at radius 1 is 1.48 bits per heavy atom. The average molecular weight is 292 g/mol. The minimum absolute atomic E-state index is 0.0861. The van der Waals surface area contributed by atoms with Crippen LogP contribution in [0.1, 0.15) is 38.9 Å². The van der Waals surface area contributed by atoms with Crippen LogP contribution in [-0.2, 0) is 9.59 Å². The Labute approximate surface area is 123 Å². The highest BCUT2D eigenvalue weighted by Gasteiger charge is 2.33. The molecule has 4 N–H and O–H groups in total. The van der Waals surface area contributed by atoms with Crippen molar-refractivity contribution in [2.75, 3.05) is 16.9 Å². The molecule has 0 saturated carbocycles. The first-order valence-corrected chi connectivity index (χ1v) is 6.92. The molecular weight excluding hydrogens is 272 g/mol. The predicted octanol–water partition coefficient (Wildman–Crippen LogP) is 0.127. The highest BCUT2D eigenvalue weighted by atomic mass is 16.2. The molecule has 2 rings (SSSR count). The Morgan fingerprint density at radius 3 is 2.76 bits per heavy atom. The third-order valence-corrected chi connectivity index (χ3v) is 3.33. The fraction of sp³-hybridized carbons (Fsp3) is 0.538. The Bertz CT molecular complexity index is 560. The number of rotatable bonds is 4. The Balaban J connectivity index is 2.44. The number of hydrogen-bond acceptors (Lipinski definition) is 7. The van der Waals surface area contributed by atoms with E-state index in [9.17, 15) is 9.59 Å². The van der Waals surface area contributed by atoms with Gasteiger partial charge in [0.05, 0.1) is 6.54 Å². The van der Waals surface area contributed by atoms with Crippen molar-refractivity contribution in [1.29, 1.82) is 0 Å². The summed E-state index contributed by atoms with van der Waals surface area (Å²) in [6.07, 6.45) is 0.575. The van der Waals surface area contributed by atoms with Crippen molar-refractivity contribution in [3.63, 3.8) is 0 Å². The number of imide groups is 1. The Morgan fingerprint density at radius 2 is 2.19 bits per heavy atom. The number of nitrogens with two attached hydrogens (primary N) is 1. The molecule has 114 valence electrons. The van der Waals surface area contributed by atoms with E-state index in [1.807, 2.05) is 20.8 Å². The summed E-state index contributed by atoms with van der Waals surface area (Å²) in [4.78, 5) is 34.0. The summed E-state index contributed by atoms with van der Waals surface area (Å²) in [6, 6.07) is 1.21. The number of carbonyl (C=O) groups excluding carboxylic acids is 2. The van der Waals surface area contributed by atoms with Gasteiger partial charge in [-0.2, -0.15) is 0 Å². The summed E-state index contributed by atoms with van der Waals surface area (Å²) < 4.78 is 0. The van der Waals surface area contributed by atoms with Crippen LogP contribution in [0, 0.1) is 0 Å². The molecule has 1 aliphatic rings. The van der Waals surface area contributed by atoms with Crippen LogP contribution in [0.2, 0.25) is 0 Å². The monoisotopic (exact) mass is 292 g/mol. The van der Waals surface area contributed by atoms with Crippen molar-refractivity contribution in [1.82, 2.24) is 15.3 Å².